The number of carbonyl (C=O) groups excluding carboxylic acids is 1. The third-order valence-electron chi connectivity index (χ3n) is 7.18. The number of nitrogens with zero attached hydrogens (tertiary/aromatic N) is 3. The van der Waals surface area contributed by atoms with Crippen molar-refractivity contribution >= 4 is 22.2 Å². The predicted octanol–water partition coefficient (Wildman–Crippen LogP) is 6.06. The molecule has 3 aromatic heterocycles. The van der Waals surface area contributed by atoms with Crippen LogP contribution in [0.4, 0.5) is 4.39 Å². The van der Waals surface area contributed by atoms with Crippen LogP contribution >= 0.6 is 0 Å². The first-order chi connectivity index (χ1) is 15.2. The van der Waals surface area contributed by atoms with Gasteiger partial charge in [-0.15, -0.1) is 0 Å². The summed E-state index contributed by atoms with van der Waals surface area (Å²) in [4.78, 5) is 22.2. The van der Waals surface area contributed by atoms with E-state index in [1.807, 2.05) is 28.9 Å². The van der Waals surface area contributed by atoms with E-state index in [9.17, 15) is 9.18 Å². The van der Waals surface area contributed by atoms with Gasteiger partial charge in [0.2, 0.25) is 0 Å². The minimum absolute atomic E-state index is 0.0414. The largest absolute Gasteiger partial charge is 0.306 e. The number of pyridine rings is 2. The minimum atomic E-state index is -0.273. The highest BCUT2D eigenvalue weighted by Gasteiger charge is 2.34. The lowest BCUT2D eigenvalue weighted by atomic mass is 9.75. The normalized spacial score (nSPS) is 21.6. The maximum atomic E-state index is 14.2. The smallest absolute Gasteiger partial charge is 0.168 e. The van der Waals surface area contributed by atoms with Crippen molar-refractivity contribution < 1.29 is 9.18 Å². The molecule has 3 heterocycles. The molecule has 0 unspecified atom stereocenters. The fourth-order valence-electron chi connectivity index (χ4n) is 5.40. The summed E-state index contributed by atoms with van der Waals surface area (Å²) in [6, 6.07) is 9.31. The summed E-state index contributed by atoms with van der Waals surface area (Å²) < 4.78 is 16.1. The number of hydrogen-bond acceptors (Lipinski definition) is 3. The Morgan fingerprint density at radius 3 is 2.55 bits per heavy atom. The Balaban J connectivity index is 1.28. The highest BCUT2D eigenvalue weighted by molar-refractivity contribution is 6.05. The number of ketones is 1. The van der Waals surface area contributed by atoms with Crippen molar-refractivity contribution in [3.8, 4) is 0 Å². The summed E-state index contributed by atoms with van der Waals surface area (Å²) in [6.45, 7) is 0. The van der Waals surface area contributed by atoms with E-state index < -0.39 is 0 Å². The quantitative estimate of drug-likeness (QED) is 0.382. The van der Waals surface area contributed by atoms with Crippen LogP contribution < -0.4 is 0 Å². The van der Waals surface area contributed by atoms with E-state index in [0.717, 1.165) is 47.7 Å². The molecular formula is C26H24FN3O. The number of benzene rings is 1. The maximum Gasteiger partial charge on any atom is 0.168 e. The van der Waals surface area contributed by atoms with Crippen LogP contribution in [0.1, 0.15) is 71.8 Å². The lowest BCUT2D eigenvalue weighted by Crippen LogP contribution is -2.23. The van der Waals surface area contributed by atoms with Crippen molar-refractivity contribution in [1.82, 2.24) is 14.4 Å². The summed E-state index contributed by atoms with van der Waals surface area (Å²) >= 11 is 0. The van der Waals surface area contributed by atoms with Crippen LogP contribution in [0.5, 0.6) is 0 Å². The van der Waals surface area contributed by atoms with Crippen LogP contribution in [-0.2, 0) is 0 Å². The second-order valence-electron chi connectivity index (χ2n) is 9.06. The van der Waals surface area contributed by atoms with Crippen molar-refractivity contribution in [1.29, 1.82) is 0 Å². The molecule has 2 aliphatic carbocycles. The standard InChI is InChI=1S/C26H24FN3O/c27-22-3-1-2-21-19(10-12-29-25(21)22)16-6-8-18(9-7-16)26(31)24-20(17-4-5-17)11-13-30-15-28-14-23(24)30/h1-3,10-18H,4-9H2. The summed E-state index contributed by atoms with van der Waals surface area (Å²) in [5.74, 6) is 0.903. The monoisotopic (exact) mass is 413 g/mol. The first-order valence-corrected chi connectivity index (χ1v) is 11.2. The van der Waals surface area contributed by atoms with Gasteiger partial charge in [-0.2, -0.15) is 0 Å². The van der Waals surface area contributed by atoms with E-state index in [4.69, 9.17) is 0 Å². The van der Waals surface area contributed by atoms with Crippen molar-refractivity contribution in [2.75, 3.05) is 0 Å². The van der Waals surface area contributed by atoms with Gasteiger partial charge in [0.15, 0.2) is 5.78 Å². The number of carbonyl (C=O) groups is 1. The SMILES string of the molecule is O=C(c1c(C2CC2)ccn2cncc12)C1CCC(c2ccnc3c(F)cccc23)CC1. The fourth-order valence-corrected chi connectivity index (χ4v) is 5.40. The van der Waals surface area contributed by atoms with E-state index in [-0.39, 0.29) is 17.5 Å². The van der Waals surface area contributed by atoms with E-state index in [2.05, 4.69) is 16.0 Å². The molecule has 0 atom stereocenters. The molecule has 156 valence electrons. The molecule has 0 spiro atoms. The number of para-hydroxylation sites is 1. The molecule has 2 saturated carbocycles. The Morgan fingerprint density at radius 1 is 0.968 bits per heavy atom. The van der Waals surface area contributed by atoms with Crippen LogP contribution in [0.25, 0.3) is 16.4 Å². The molecule has 31 heavy (non-hydrogen) atoms. The lowest BCUT2D eigenvalue weighted by Gasteiger charge is -2.29. The van der Waals surface area contributed by atoms with Crippen LogP contribution in [0.3, 0.4) is 0 Å². The van der Waals surface area contributed by atoms with E-state index in [1.54, 1.807) is 18.6 Å². The topological polar surface area (TPSA) is 47.3 Å². The summed E-state index contributed by atoms with van der Waals surface area (Å²) in [6.07, 6.45) is 13.3. The molecule has 2 fully saturated rings. The highest BCUT2D eigenvalue weighted by Crippen LogP contribution is 2.45. The molecule has 0 aliphatic heterocycles. The molecule has 6 rings (SSSR count). The summed E-state index contributed by atoms with van der Waals surface area (Å²) in [5, 5.41) is 0.900. The number of halogens is 1. The number of hydrogen-bond donors (Lipinski definition) is 0. The third-order valence-corrected chi connectivity index (χ3v) is 7.18. The minimum Gasteiger partial charge on any atom is -0.306 e. The average Bonchev–Trinajstić information content (AvgIpc) is 3.54. The van der Waals surface area contributed by atoms with Crippen molar-refractivity contribution in [3.63, 3.8) is 0 Å². The van der Waals surface area contributed by atoms with Gasteiger partial charge in [0, 0.05) is 29.3 Å². The predicted molar refractivity (Wildman–Crippen MR) is 118 cm³/mol. The number of imidazole rings is 1. The zero-order valence-electron chi connectivity index (χ0n) is 17.3. The Hall–Kier alpha value is -3.08. The highest BCUT2D eigenvalue weighted by atomic mass is 19.1. The van der Waals surface area contributed by atoms with Gasteiger partial charge < -0.3 is 4.40 Å². The Bertz CT molecular complexity index is 1300. The fraction of sp³-hybridized carbons (Fsp3) is 0.346. The molecule has 5 heteroatoms. The number of rotatable bonds is 4. The van der Waals surface area contributed by atoms with Crippen molar-refractivity contribution in [2.45, 2.75) is 50.4 Å². The molecule has 2 aliphatic rings. The van der Waals surface area contributed by atoms with Gasteiger partial charge in [-0.1, -0.05) is 12.1 Å². The zero-order valence-corrected chi connectivity index (χ0v) is 17.3. The van der Waals surface area contributed by atoms with Crippen LogP contribution in [-0.4, -0.2) is 20.2 Å². The molecule has 1 aromatic carbocycles. The summed E-state index contributed by atoms with van der Waals surface area (Å²) in [5.41, 5.74) is 4.64. The van der Waals surface area contributed by atoms with Crippen LogP contribution in [0.15, 0.2) is 55.2 Å². The van der Waals surface area contributed by atoms with Crippen LogP contribution in [0, 0.1) is 11.7 Å². The molecular weight excluding hydrogens is 389 g/mol. The molecule has 0 amide bonds. The van der Waals surface area contributed by atoms with Gasteiger partial charge in [-0.3, -0.25) is 9.78 Å². The Morgan fingerprint density at radius 2 is 1.74 bits per heavy atom. The van der Waals surface area contributed by atoms with Gasteiger partial charge >= 0.3 is 0 Å². The molecule has 0 saturated heterocycles. The van der Waals surface area contributed by atoms with Gasteiger partial charge in [-0.25, -0.2) is 9.37 Å². The van der Waals surface area contributed by atoms with Crippen molar-refractivity contribution in [3.05, 3.63) is 77.8 Å². The lowest BCUT2D eigenvalue weighted by molar-refractivity contribution is 0.0884. The maximum absolute atomic E-state index is 14.2. The number of aromatic nitrogens is 3. The zero-order chi connectivity index (χ0) is 20.9. The molecule has 0 bridgehead atoms. The van der Waals surface area contributed by atoms with Crippen LogP contribution in [0.2, 0.25) is 0 Å². The second-order valence-corrected chi connectivity index (χ2v) is 9.06. The Labute approximate surface area is 180 Å². The van der Waals surface area contributed by atoms with Gasteiger partial charge in [0.1, 0.15) is 11.3 Å². The summed E-state index contributed by atoms with van der Waals surface area (Å²) in [7, 11) is 0. The Kier molecular flexibility index (Phi) is 4.37. The van der Waals surface area contributed by atoms with E-state index in [1.165, 1.54) is 24.5 Å². The second kappa shape index (κ2) is 7.26. The first kappa shape index (κ1) is 18.7. The van der Waals surface area contributed by atoms with Gasteiger partial charge in [-0.05, 0) is 79.7 Å². The first-order valence-electron chi connectivity index (χ1n) is 11.2. The number of fused-ring (bicyclic) bond motifs is 2. The van der Waals surface area contributed by atoms with Crippen molar-refractivity contribution in [2.24, 2.45) is 5.92 Å². The molecule has 4 aromatic rings. The molecule has 4 nitrogen and oxygen atoms in total. The molecule has 0 N–H and O–H groups in total. The van der Waals surface area contributed by atoms with E-state index >= 15 is 0 Å². The third kappa shape index (κ3) is 3.14. The number of Topliss-reactive ketones (excluding diaryl/α,β-unsaturated/α-hetero) is 1. The van der Waals surface area contributed by atoms with Gasteiger partial charge in [0.05, 0.1) is 18.0 Å². The van der Waals surface area contributed by atoms with E-state index in [0.29, 0.717) is 17.4 Å². The van der Waals surface area contributed by atoms with Gasteiger partial charge in [0.25, 0.3) is 0 Å². The molecule has 0 radical (unpaired) electrons. The average molecular weight is 413 g/mol.